The van der Waals surface area contributed by atoms with Crippen molar-refractivity contribution in [1.82, 2.24) is 10.2 Å². The van der Waals surface area contributed by atoms with Crippen molar-refractivity contribution in [3.63, 3.8) is 0 Å². The number of likely N-dealkylation sites (tertiary alicyclic amines) is 1. The van der Waals surface area contributed by atoms with Crippen LogP contribution in [0.5, 0.6) is 5.75 Å². The van der Waals surface area contributed by atoms with E-state index in [1.807, 2.05) is 0 Å². The number of piperidine rings is 1. The molecule has 3 rings (SSSR count). The van der Waals surface area contributed by atoms with Gasteiger partial charge in [0.2, 0.25) is 5.91 Å². The first kappa shape index (κ1) is 22.3. The lowest BCUT2D eigenvalue weighted by Crippen LogP contribution is -2.46. The number of benzene rings is 2. The van der Waals surface area contributed by atoms with Crippen molar-refractivity contribution in [2.75, 3.05) is 13.1 Å². The highest BCUT2D eigenvalue weighted by molar-refractivity contribution is 5.94. The summed E-state index contributed by atoms with van der Waals surface area (Å²) < 4.78 is 55.2. The number of carbonyl (C=O) groups is 2. The fourth-order valence-corrected chi connectivity index (χ4v) is 3.28. The van der Waals surface area contributed by atoms with E-state index in [1.54, 1.807) is 6.07 Å². The predicted octanol–water partition coefficient (Wildman–Crippen LogP) is 4.16. The van der Waals surface area contributed by atoms with E-state index >= 15 is 0 Å². The van der Waals surface area contributed by atoms with E-state index < -0.39 is 29.7 Å². The highest BCUT2D eigenvalue weighted by Crippen LogP contribution is 2.27. The van der Waals surface area contributed by atoms with Crippen LogP contribution in [-0.4, -0.2) is 42.2 Å². The molecule has 9 heteroatoms. The van der Waals surface area contributed by atoms with Crippen LogP contribution in [0, 0.1) is 5.82 Å². The number of ether oxygens (including phenoxy) is 1. The maximum atomic E-state index is 13.8. The predicted molar refractivity (Wildman–Crippen MR) is 106 cm³/mol. The molecule has 0 aromatic heterocycles. The Labute approximate surface area is 176 Å². The molecule has 1 fully saturated rings. The summed E-state index contributed by atoms with van der Waals surface area (Å²) in [7, 11) is 0. The first-order valence-electron chi connectivity index (χ1n) is 9.60. The topological polar surface area (TPSA) is 58.6 Å². The molecule has 0 unspecified atom stereocenters. The van der Waals surface area contributed by atoms with Gasteiger partial charge in [0.05, 0.1) is 5.56 Å². The van der Waals surface area contributed by atoms with Gasteiger partial charge in [0.1, 0.15) is 11.6 Å². The van der Waals surface area contributed by atoms with Gasteiger partial charge in [0, 0.05) is 30.8 Å². The molecule has 2 amide bonds. The van der Waals surface area contributed by atoms with Crippen LogP contribution in [-0.2, 0) is 4.79 Å². The van der Waals surface area contributed by atoms with E-state index in [-0.39, 0.29) is 17.2 Å². The Morgan fingerprint density at radius 2 is 1.68 bits per heavy atom. The average molecular weight is 436 g/mol. The third kappa shape index (κ3) is 6.31. The highest BCUT2D eigenvalue weighted by atomic mass is 19.4. The van der Waals surface area contributed by atoms with Crippen LogP contribution in [0.15, 0.2) is 54.6 Å². The minimum atomic E-state index is -4.83. The molecule has 1 heterocycles. The van der Waals surface area contributed by atoms with E-state index in [9.17, 15) is 27.2 Å². The van der Waals surface area contributed by atoms with Crippen molar-refractivity contribution in [2.45, 2.75) is 25.2 Å². The summed E-state index contributed by atoms with van der Waals surface area (Å²) in [5.41, 5.74) is 0.118. The smallest absolute Gasteiger partial charge is 0.405 e. The summed E-state index contributed by atoms with van der Waals surface area (Å²) in [4.78, 5) is 26.1. The van der Waals surface area contributed by atoms with Gasteiger partial charge in [-0.1, -0.05) is 30.3 Å². The van der Waals surface area contributed by atoms with Crippen molar-refractivity contribution >= 4 is 17.9 Å². The summed E-state index contributed by atoms with van der Waals surface area (Å²) in [6.07, 6.45) is -1.50. The fourth-order valence-electron chi connectivity index (χ4n) is 3.28. The molecule has 2 aromatic rings. The second-order valence-electron chi connectivity index (χ2n) is 6.97. The lowest BCUT2D eigenvalue weighted by molar-refractivity contribution is -0.274. The maximum Gasteiger partial charge on any atom is 0.573 e. The lowest BCUT2D eigenvalue weighted by Gasteiger charge is -2.32. The monoisotopic (exact) mass is 436 g/mol. The fraction of sp³-hybridized carbons (Fsp3) is 0.273. The summed E-state index contributed by atoms with van der Waals surface area (Å²) in [6.45, 7) is 0.703. The third-order valence-corrected chi connectivity index (χ3v) is 4.79. The zero-order valence-electron chi connectivity index (χ0n) is 16.4. The number of hydrogen-bond donors (Lipinski definition) is 1. The van der Waals surface area contributed by atoms with E-state index in [0.29, 0.717) is 25.9 Å². The maximum absolute atomic E-state index is 13.8. The van der Waals surface area contributed by atoms with Crippen LogP contribution in [0.2, 0.25) is 0 Å². The van der Waals surface area contributed by atoms with Gasteiger partial charge in [0.15, 0.2) is 0 Å². The van der Waals surface area contributed by atoms with Gasteiger partial charge in [-0.2, -0.15) is 0 Å². The molecule has 1 saturated heterocycles. The molecule has 5 nitrogen and oxygen atoms in total. The average Bonchev–Trinajstić information content (AvgIpc) is 2.72. The molecule has 31 heavy (non-hydrogen) atoms. The molecule has 1 aliphatic heterocycles. The molecule has 0 atom stereocenters. The lowest BCUT2D eigenvalue weighted by atomic mass is 10.0. The van der Waals surface area contributed by atoms with Crippen molar-refractivity contribution in [3.8, 4) is 5.75 Å². The number of amides is 2. The number of nitrogens with one attached hydrogen (secondary N) is 1. The Hall–Kier alpha value is -3.36. The normalized spacial score (nSPS) is 15.2. The summed E-state index contributed by atoms with van der Waals surface area (Å²) in [5, 5.41) is 2.77. The Bertz CT molecular complexity index is 967. The third-order valence-electron chi connectivity index (χ3n) is 4.79. The summed E-state index contributed by atoms with van der Waals surface area (Å²) in [6, 6.07) is 11.0. The number of hydrogen-bond acceptors (Lipinski definition) is 3. The molecule has 0 saturated carbocycles. The number of halogens is 4. The quantitative estimate of drug-likeness (QED) is 0.566. The van der Waals surface area contributed by atoms with Crippen LogP contribution in [0.4, 0.5) is 17.6 Å². The van der Waals surface area contributed by atoms with Crippen molar-refractivity contribution in [1.29, 1.82) is 0 Å². The minimum Gasteiger partial charge on any atom is -0.405 e. The van der Waals surface area contributed by atoms with Crippen molar-refractivity contribution in [2.24, 2.45) is 0 Å². The van der Waals surface area contributed by atoms with Gasteiger partial charge >= 0.3 is 6.36 Å². The largest absolute Gasteiger partial charge is 0.573 e. The number of alkyl halides is 3. The van der Waals surface area contributed by atoms with Gasteiger partial charge in [-0.25, -0.2) is 4.39 Å². The van der Waals surface area contributed by atoms with E-state index in [1.165, 1.54) is 47.4 Å². The summed E-state index contributed by atoms with van der Waals surface area (Å²) >= 11 is 0. The number of rotatable bonds is 5. The number of nitrogens with zero attached hydrogens (tertiary/aromatic N) is 1. The van der Waals surface area contributed by atoms with Crippen LogP contribution in [0.25, 0.3) is 6.08 Å². The minimum absolute atomic E-state index is 0.00709. The molecular weight excluding hydrogens is 416 g/mol. The van der Waals surface area contributed by atoms with Crippen LogP contribution in [0.1, 0.15) is 28.8 Å². The number of para-hydroxylation sites is 1. The first-order chi connectivity index (χ1) is 14.7. The molecule has 0 aliphatic carbocycles. The van der Waals surface area contributed by atoms with Gasteiger partial charge in [0.25, 0.3) is 5.91 Å². The molecule has 1 aliphatic rings. The van der Waals surface area contributed by atoms with Crippen LogP contribution >= 0.6 is 0 Å². The molecule has 0 bridgehead atoms. The Morgan fingerprint density at radius 1 is 1.03 bits per heavy atom. The van der Waals surface area contributed by atoms with E-state index in [4.69, 9.17) is 0 Å². The standard InChI is InChI=1S/C22H20F4N2O3/c23-18-7-3-2-6-17(18)21(30)28-13-11-16(12-14-28)27-20(29)10-9-15-5-1-4-8-19(15)31-22(24,25)26/h1-10,16H,11-14H2,(H,27,29)/b10-9+. The SMILES string of the molecule is O=C(/C=C/c1ccccc1OC(F)(F)F)NC1CCN(C(=O)c2ccccc2F)CC1. The van der Waals surface area contributed by atoms with Gasteiger partial charge < -0.3 is 15.0 Å². The van der Waals surface area contributed by atoms with Crippen molar-refractivity contribution in [3.05, 3.63) is 71.6 Å². The Morgan fingerprint density at radius 3 is 2.35 bits per heavy atom. The molecule has 0 spiro atoms. The summed E-state index contributed by atoms with van der Waals surface area (Å²) in [5.74, 6) is -1.86. The molecule has 0 radical (unpaired) electrons. The van der Waals surface area contributed by atoms with E-state index in [2.05, 4.69) is 10.1 Å². The van der Waals surface area contributed by atoms with E-state index in [0.717, 1.165) is 12.1 Å². The number of carbonyl (C=O) groups excluding carboxylic acids is 2. The van der Waals surface area contributed by atoms with Gasteiger partial charge in [-0.05, 0) is 37.1 Å². The Balaban J connectivity index is 1.53. The zero-order valence-corrected chi connectivity index (χ0v) is 16.4. The molecular formula is C22H20F4N2O3. The van der Waals surface area contributed by atoms with Crippen LogP contribution < -0.4 is 10.1 Å². The Kier molecular flexibility index (Phi) is 6.94. The molecule has 164 valence electrons. The molecule has 1 N–H and O–H groups in total. The zero-order chi connectivity index (χ0) is 22.4. The van der Waals surface area contributed by atoms with Crippen LogP contribution in [0.3, 0.4) is 0 Å². The first-order valence-corrected chi connectivity index (χ1v) is 9.60. The second-order valence-corrected chi connectivity index (χ2v) is 6.97. The van der Waals surface area contributed by atoms with Crippen molar-refractivity contribution < 1.29 is 31.9 Å². The van der Waals surface area contributed by atoms with Gasteiger partial charge in [-0.3, -0.25) is 9.59 Å². The second kappa shape index (κ2) is 9.63. The van der Waals surface area contributed by atoms with Gasteiger partial charge in [-0.15, -0.1) is 13.2 Å². The molecule has 2 aromatic carbocycles. The highest BCUT2D eigenvalue weighted by Gasteiger charge is 2.31.